The highest BCUT2D eigenvalue weighted by molar-refractivity contribution is 6.05. The molecule has 21 heavy (non-hydrogen) atoms. The first-order valence-corrected chi connectivity index (χ1v) is 6.34. The Morgan fingerprint density at radius 3 is 2.81 bits per heavy atom. The number of aromatic amines is 1. The lowest BCUT2D eigenvalue weighted by Crippen LogP contribution is -2.29. The van der Waals surface area contributed by atoms with Crippen molar-refractivity contribution in [2.75, 3.05) is 6.54 Å². The van der Waals surface area contributed by atoms with Crippen molar-refractivity contribution in [1.82, 2.24) is 10.3 Å². The molecule has 0 bridgehead atoms. The van der Waals surface area contributed by atoms with Gasteiger partial charge in [0.15, 0.2) is 0 Å². The van der Waals surface area contributed by atoms with Gasteiger partial charge in [-0.2, -0.15) is 0 Å². The third kappa shape index (κ3) is 4.27. The fraction of sp³-hybridized carbons (Fsp3) is 0.286. The Labute approximate surface area is 127 Å². The van der Waals surface area contributed by atoms with Crippen LogP contribution >= 0.6 is 12.4 Å². The number of carbonyl (C=O) groups excluding carboxylic acids is 1. The van der Waals surface area contributed by atoms with Crippen LogP contribution in [-0.4, -0.2) is 23.5 Å². The number of rotatable bonds is 4. The minimum Gasteiger partial charge on any atom is -0.352 e. The summed E-state index contributed by atoms with van der Waals surface area (Å²) in [5.41, 5.74) is 5.69. The minimum absolute atomic E-state index is 0. The molecule has 1 heterocycles. The molecule has 0 radical (unpaired) electrons. The molecule has 1 aromatic heterocycles. The van der Waals surface area contributed by atoms with E-state index in [4.69, 9.17) is 5.73 Å². The zero-order valence-corrected chi connectivity index (χ0v) is 12.3. The maximum absolute atomic E-state index is 13.2. The molecule has 1 aromatic carbocycles. The molecule has 1 atom stereocenters. The topological polar surface area (TPSA) is 88.0 Å². The highest BCUT2D eigenvalue weighted by atomic mass is 35.5. The zero-order valence-electron chi connectivity index (χ0n) is 11.5. The molecule has 0 spiro atoms. The van der Waals surface area contributed by atoms with E-state index in [0.29, 0.717) is 23.9 Å². The van der Waals surface area contributed by atoms with Gasteiger partial charge >= 0.3 is 0 Å². The molecule has 1 unspecified atom stereocenters. The van der Waals surface area contributed by atoms with E-state index in [1.807, 2.05) is 6.92 Å². The lowest BCUT2D eigenvalue weighted by atomic mass is 10.1. The summed E-state index contributed by atoms with van der Waals surface area (Å²) >= 11 is 0. The van der Waals surface area contributed by atoms with Crippen molar-refractivity contribution in [3.8, 4) is 0 Å². The van der Waals surface area contributed by atoms with Gasteiger partial charge in [0, 0.05) is 24.0 Å². The number of nitrogens with two attached hydrogens (primary N) is 1. The molecule has 2 aromatic rings. The van der Waals surface area contributed by atoms with E-state index in [2.05, 4.69) is 10.3 Å². The van der Waals surface area contributed by atoms with Crippen molar-refractivity contribution in [2.24, 2.45) is 5.73 Å². The summed E-state index contributed by atoms with van der Waals surface area (Å²) in [7, 11) is 0. The van der Waals surface area contributed by atoms with Gasteiger partial charge in [-0.1, -0.05) is 0 Å². The minimum atomic E-state index is -0.470. The highest BCUT2D eigenvalue weighted by Gasteiger charge is 2.12. The zero-order chi connectivity index (χ0) is 14.7. The summed E-state index contributed by atoms with van der Waals surface area (Å²) in [5.74, 6) is -0.837. The third-order valence-electron chi connectivity index (χ3n) is 2.93. The second-order valence-electron chi connectivity index (χ2n) is 4.76. The predicted molar refractivity (Wildman–Crippen MR) is 82.4 cm³/mol. The van der Waals surface area contributed by atoms with Crippen molar-refractivity contribution in [1.29, 1.82) is 0 Å². The Balaban J connectivity index is 0.00000220. The smallest absolute Gasteiger partial charge is 0.252 e. The lowest BCUT2D eigenvalue weighted by Gasteiger charge is -2.09. The van der Waals surface area contributed by atoms with Crippen LogP contribution in [0.4, 0.5) is 4.39 Å². The van der Waals surface area contributed by atoms with E-state index >= 15 is 0 Å². The fourth-order valence-corrected chi connectivity index (χ4v) is 1.93. The van der Waals surface area contributed by atoms with Gasteiger partial charge in [0.05, 0.1) is 11.1 Å². The maximum Gasteiger partial charge on any atom is 0.252 e. The SMILES string of the molecule is CC(N)CCNC(=O)c1cc(=O)[nH]c2cc(F)ccc12.Cl. The Kier molecular flexibility index (Phi) is 5.87. The molecule has 2 rings (SSSR count). The second kappa shape index (κ2) is 7.19. The first kappa shape index (κ1) is 17.1. The number of pyridine rings is 1. The number of nitrogens with one attached hydrogen (secondary N) is 2. The largest absolute Gasteiger partial charge is 0.352 e. The van der Waals surface area contributed by atoms with E-state index < -0.39 is 11.4 Å². The van der Waals surface area contributed by atoms with Gasteiger partial charge in [0.1, 0.15) is 5.82 Å². The van der Waals surface area contributed by atoms with Gasteiger partial charge in [-0.15, -0.1) is 12.4 Å². The molecule has 4 N–H and O–H groups in total. The number of amides is 1. The monoisotopic (exact) mass is 313 g/mol. The molecule has 0 aliphatic rings. The van der Waals surface area contributed by atoms with E-state index in [9.17, 15) is 14.0 Å². The van der Waals surface area contributed by atoms with Crippen LogP contribution < -0.4 is 16.6 Å². The molecule has 1 amide bonds. The maximum atomic E-state index is 13.2. The van der Waals surface area contributed by atoms with Crippen molar-refractivity contribution in [3.05, 3.63) is 46.0 Å². The normalized spacial score (nSPS) is 11.8. The van der Waals surface area contributed by atoms with Gasteiger partial charge in [-0.05, 0) is 31.5 Å². The van der Waals surface area contributed by atoms with Crippen molar-refractivity contribution in [2.45, 2.75) is 19.4 Å². The number of hydrogen-bond acceptors (Lipinski definition) is 3. The molecular formula is C14H17ClFN3O2. The van der Waals surface area contributed by atoms with Crippen LogP contribution in [0.25, 0.3) is 10.9 Å². The van der Waals surface area contributed by atoms with E-state index in [1.165, 1.54) is 24.3 Å². The van der Waals surface area contributed by atoms with Crippen molar-refractivity contribution < 1.29 is 9.18 Å². The molecule has 5 nitrogen and oxygen atoms in total. The van der Waals surface area contributed by atoms with E-state index in [1.54, 1.807) is 0 Å². The lowest BCUT2D eigenvalue weighted by molar-refractivity contribution is 0.0954. The van der Waals surface area contributed by atoms with Gasteiger partial charge in [0.25, 0.3) is 5.91 Å². The third-order valence-corrected chi connectivity index (χ3v) is 2.93. The molecule has 0 fully saturated rings. The molecule has 0 aliphatic heterocycles. The second-order valence-corrected chi connectivity index (χ2v) is 4.76. The number of aromatic nitrogens is 1. The van der Waals surface area contributed by atoms with Crippen molar-refractivity contribution >= 4 is 29.2 Å². The highest BCUT2D eigenvalue weighted by Crippen LogP contribution is 2.16. The average molecular weight is 314 g/mol. The first-order valence-electron chi connectivity index (χ1n) is 6.34. The number of carbonyl (C=O) groups is 1. The van der Waals surface area contributed by atoms with Gasteiger partial charge in [0.2, 0.25) is 5.56 Å². The Hall–Kier alpha value is -1.92. The molecule has 114 valence electrons. The quantitative estimate of drug-likeness (QED) is 0.800. The number of hydrogen-bond donors (Lipinski definition) is 3. The summed E-state index contributed by atoms with van der Waals surface area (Å²) in [5, 5.41) is 3.20. The predicted octanol–water partition coefficient (Wildman–Crippen LogP) is 1.56. The number of H-pyrrole nitrogens is 1. The summed E-state index contributed by atoms with van der Waals surface area (Å²) in [4.78, 5) is 26.1. The van der Waals surface area contributed by atoms with Crippen LogP contribution in [0.3, 0.4) is 0 Å². The first-order chi connectivity index (χ1) is 9.47. The van der Waals surface area contributed by atoms with Crippen LogP contribution in [0.1, 0.15) is 23.7 Å². The van der Waals surface area contributed by atoms with Crippen LogP contribution in [0.5, 0.6) is 0 Å². The number of halogens is 2. The van der Waals surface area contributed by atoms with Crippen LogP contribution in [0.15, 0.2) is 29.1 Å². The summed E-state index contributed by atoms with van der Waals surface area (Å²) < 4.78 is 13.2. The molecule has 7 heteroatoms. The van der Waals surface area contributed by atoms with Gasteiger partial charge in [-0.25, -0.2) is 4.39 Å². The summed E-state index contributed by atoms with van der Waals surface area (Å²) in [6.45, 7) is 2.27. The molecule has 0 aliphatic carbocycles. The molecule has 0 saturated carbocycles. The van der Waals surface area contributed by atoms with E-state index in [-0.39, 0.29) is 29.9 Å². The molecular weight excluding hydrogens is 297 g/mol. The Morgan fingerprint density at radius 1 is 1.43 bits per heavy atom. The number of fused-ring (bicyclic) bond motifs is 1. The standard InChI is InChI=1S/C14H16FN3O2.ClH/c1-8(16)4-5-17-14(20)11-7-13(19)18-12-6-9(15)2-3-10(11)12;/h2-3,6-8H,4-5,16H2,1H3,(H,17,20)(H,18,19);1H. The van der Waals surface area contributed by atoms with Crippen LogP contribution in [-0.2, 0) is 0 Å². The fourth-order valence-electron chi connectivity index (χ4n) is 1.93. The Morgan fingerprint density at radius 2 is 2.14 bits per heavy atom. The van der Waals surface area contributed by atoms with E-state index in [0.717, 1.165) is 0 Å². The molecule has 0 saturated heterocycles. The van der Waals surface area contributed by atoms with Gasteiger partial charge < -0.3 is 16.0 Å². The number of benzene rings is 1. The van der Waals surface area contributed by atoms with Crippen molar-refractivity contribution in [3.63, 3.8) is 0 Å². The summed E-state index contributed by atoms with van der Waals surface area (Å²) in [6, 6.07) is 5.11. The Bertz CT molecular complexity index is 700. The van der Waals surface area contributed by atoms with Gasteiger partial charge in [-0.3, -0.25) is 9.59 Å². The van der Waals surface area contributed by atoms with Crippen LogP contribution in [0, 0.1) is 5.82 Å². The van der Waals surface area contributed by atoms with Crippen LogP contribution in [0.2, 0.25) is 0 Å². The average Bonchev–Trinajstić information content (AvgIpc) is 2.36. The summed E-state index contributed by atoms with van der Waals surface area (Å²) in [6.07, 6.45) is 0.640.